The lowest BCUT2D eigenvalue weighted by Crippen LogP contribution is -2.40. The Bertz CT molecular complexity index is 306. The van der Waals surface area contributed by atoms with E-state index in [0.29, 0.717) is 5.96 Å². The Kier molecular flexibility index (Phi) is 9.98. The molecule has 118 valence electrons. The Morgan fingerprint density at radius 1 is 1.05 bits per heavy atom. The molecule has 1 aliphatic rings. The highest BCUT2D eigenvalue weighted by atomic mass is 35.5. The van der Waals surface area contributed by atoms with E-state index in [1.165, 1.54) is 19.3 Å². The average Bonchev–Trinajstić information content (AvgIpc) is 2.39. The largest absolute Gasteiger partial charge is 0.369 e. The molecule has 1 aliphatic heterocycles. The van der Waals surface area contributed by atoms with Crippen molar-refractivity contribution in [2.24, 2.45) is 21.6 Å². The van der Waals surface area contributed by atoms with Crippen LogP contribution in [0.5, 0.6) is 0 Å². The average molecular weight is 305 g/mol. The van der Waals surface area contributed by atoms with Crippen LogP contribution in [0.1, 0.15) is 46.0 Å². The molecule has 0 radical (unpaired) electrons. The zero-order valence-electron chi connectivity index (χ0n) is 12.7. The molecule has 0 spiro atoms. The minimum absolute atomic E-state index is 0. The van der Waals surface area contributed by atoms with Crippen molar-refractivity contribution in [3.63, 3.8) is 0 Å². The summed E-state index contributed by atoms with van der Waals surface area (Å²) >= 11 is 0. The van der Waals surface area contributed by atoms with Gasteiger partial charge in [-0.2, -0.15) is 4.99 Å². The van der Waals surface area contributed by atoms with Gasteiger partial charge in [0.05, 0.1) is 0 Å². The first-order valence-corrected chi connectivity index (χ1v) is 7.35. The summed E-state index contributed by atoms with van der Waals surface area (Å²) in [6.07, 6.45) is 5.71. The molecule has 0 aliphatic carbocycles. The van der Waals surface area contributed by atoms with Crippen LogP contribution >= 0.6 is 12.4 Å². The standard InChI is InChI=1S/C13H28N6.ClH/c1-3-8-18(9-4-2)13(15)16-12(14)17-19-10-6-5-7-11-19;/h3-11H2,1-2H3,(H4,14,15,16,17);1H. The van der Waals surface area contributed by atoms with Crippen molar-refractivity contribution in [2.75, 3.05) is 26.2 Å². The second-order valence-electron chi connectivity index (χ2n) is 4.93. The number of hydrazone groups is 1. The quantitative estimate of drug-likeness (QED) is 0.596. The first-order valence-electron chi connectivity index (χ1n) is 7.35. The van der Waals surface area contributed by atoms with Gasteiger partial charge in [0.2, 0.25) is 5.96 Å². The van der Waals surface area contributed by atoms with E-state index in [9.17, 15) is 0 Å². The van der Waals surface area contributed by atoms with Crippen LogP contribution in [0, 0.1) is 0 Å². The van der Waals surface area contributed by atoms with Gasteiger partial charge in [-0.1, -0.05) is 13.8 Å². The number of hydrogen-bond donors (Lipinski definition) is 2. The number of nitrogens with zero attached hydrogens (tertiary/aromatic N) is 4. The lowest BCUT2D eigenvalue weighted by molar-refractivity contribution is 0.238. The van der Waals surface area contributed by atoms with Crippen LogP contribution in [-0.2, 0) is 0 Å². The van der Waals surface area contributed by atoms with Crippen molar-refractivity contribution in [3.05, 3.63) is 0 Å². The minimum atomic E-state index is 0. The Morgan fingerprint density at radius 2 is 1.60 bits per heavy atom. The van der Waals surface area contributed by atoms with E-state index in [-0.39, 0.29) is 18.4 Å². The molecule has 0 aromatic heterocycles. The third-order valence-electron chi connectivity index (χ3n) is 3.12. The highest BCUT2D eigenvalue weighted by Gasteiger charge is 2.09. The van der Waals surface area contributed by atoms with Crippen molar-refractivity contribution in [1.29, 1.82) is 0 Å². The maximum atomic E-state index is 5.99. The second-order valence-corrected chi connectivity index (χ2v) is 4.93. The van der Waals surface area contributed by atoms with Crippen molar-refractivity contribution in [2.45, 2.75) is 46.0 Å². The molecular formula is C13H29ClN6. The SMILES string of the molecule is CCCN(CCC)C(N)=NC(N)=NN1CCCCC1.Cl. The van der Waals surface area contributed by atoms with E-state index in [0.717, 1.165) is 39.0 Å². The van der Waals surface area contributed by atoms with E-state index in [1.807, 2.05) is 5.01 Å². The zero-order valence-corrected chi connectivity index (χ0v) is 13.5. The first-order chi connectivity index (χ1) is 9.17. The van der Waals surface area contributed by atoms with Gasteiger partial charge < -0.3 is 16.4 Å². The monoisotopic (exact) mass is 304 g/mol. The van der Waals surface area contributed by atoms with Crippen molar-refractivity contribution in [1.82, 2.24) is 9.91 Å². The summed E-state index contributed by atoms with van der Waals surface area (Å²) in [6, 6.07) is 0. The van der Waals surface area contributed by atoms with Crippen molar-refractivity contribution >= 4 is 24.3 Å². The zero-order chi connectivity index (χ0) is 14.1. The van der Waals surface area contributed by atoms with E-state index in [2.05, 4.69) is 28.8 Å². The van der Waals surface area contributed by atoms with Gasteiger partial charge in [0, 0.05) is 26.2 Å². The smallest absolute Gasteiger partial charge is 0.240 e. The summed E-state index contributed by atoms with van der Waals surface area (Å²) in [5.74, 6) is 0.735. The summed E-state index contributed by atoms with van der Waals surface area (Å²) < 4.78 is 0. The number of guanidine groups is 2. The number of hydrogen-bond acceptors (Lipinski definition) is 2. The first kappa shape index (κ1) is 18.8. The Labute approximate surface area is 128 Å². The number of halogens is 1. The molecule has 0 atom stereocenters. The summed E-state index contributed by atoms with van der Waals surface area (Å²) in [6.45, 7) is 7.98. The van der Waals surface area contributed by atoms with Crippen molar-refractivity contribution < 1.29 is 0 Å². The topological polar surface area (TPSA) is 83.2 Å². The maximum absolute atomic E-state index is 5.99. The number of piperidine rings is 1. The van der Waals surface area contributed by atoms with Crippen LogP contribution in [-0.4, -0.2) is 48.0 Å². The molecule has 6 nitrogen and oxygen atoms in total. The summed E-state index contributed by atoms with van der Waals surface area (Å²) in [4.78, 5) is 6.27. The third kappa shape index (κ3) is 6.84. The Hall–Kier alpha value is -1.17. The van der Waals surface area contributed by atoms with E-state index in [4.69, 9.17) is 11.5 Å². The number of rotatable bonds is 5. The van der Waals surface area contributed by atoms with Gasteiger partial charge in [-0.05, 0) is 32.1 Å². The molecule has 0 amide bonds. The molecule has 1 fully saturated rings. The molecule has 20 heavy (non-hydrogen) atoms. The van der Waals surface area contributed by atoms with Gasteiger partial charge in [-0.15, -0.1) is 17.5 Å². The minimum Gasteiger partial charge on any atom is -0.369 e. The molecule has 7 heteroatoms. The van der Waals surface area contributed by atoms with Gasteiger partial charge in [-0.25, -0.2) is 0 Å². The Morgan fingerprint density at radius 3 is 2.10 bits per heavy atom. The lowest BCUT2D eigenvalue weighted by atomic mass is 10.2. The van der Waals surface area contributed by atoms with Gasteiger partial charge in [0.25, 0.3) is 0 Å². The lowest BCUT2D eigenvalue weighted by Gasteiger charge is -2.24. The molecule has 4 N–H and O–H groups in total. The fourth-order valence-corrected chi connectivity index (χ4v) is 2.21. The van der Waals surface area contributed by atoms with Gasteiger partial charge in [-0.3, -0.25) is 5.01 Å². The maximum Gasteiger partial charge on any atom is 0.240 e. The van der Waals surface area contributed by atoms with Gasteiger partial charge in [0.1, 0.15) is 0 Å². The predicted molar refractivity (Wildman–Crippen MR) is 88.1 cm³/mol. The van der Waals surface area contributed by atoms with Crippen LogP contribution in [0.4, 0.5) is 0 Å². The normalized spacial score (nSPS) is 16.8. The fourth-order valence-electron chi connectivity index (χ4n) is 2.21. The molecule has 1 rings (SSSR count). The molecule has 0 bridgehead atoms. The summed E-state index contributed by atoms with van der Waals surface area (Å²) in [5, 5.41) is 6.30. The molecule has 0 unspecified atom stereocenters. The third-order valence-corrected chi connectivity index (χ3v) is 3.12. The van der Waals surface area contributed by atoms with Crippen molar-refractivity contribution in [3.8, 4) is 0 Å². The molecule has 0 aromatic carbocycles. The van der Waals surface area contributed by atoms with Crippen LogP contribution in [0.15, 0.2) is 10.1 Å². The van der Waals surface area contributed by atoms with Gasteiger partial charge >= 0.3 is 0 Å². The second kappa shape index (κ2) is 10.6. The van der Waals surface area contributed by atoms with Crippen LogP contribution in [0.2, 0.25) is 0 Å². The molecule has 1 heterocycles. The Balaban J connectivity index is 0.00000361. The highest BCUT2D eigenvalue weighted by Crippen LogP contribution is 2.08. The molecule has 1 saturated heterocycles. The van der Waals surface area contributed by atoms with Crippen LogP contribution in [0.25, 0.3) is 0 Å². The van der Waals surface area contributed by atoms with E-state index in [1.54, 1.807) is 0 Å². The molecular weight excluding hydrogens is 276 g/mol. The predicted octanol–water partition coefficient (Wildman–Crippen LogP) is 1.56. The fraction of sp³-hybridized carbons (Fsp3) is 0.846. The highest BCUT2D eigenvalue weighted by molar-refractivity contribution is 5.93. The van der Waals surface area contributed by atoms with Crippen LogP contribution in [0.3, 0.4) is 0 Å². The van der Waals surface area contributed by atoms with Crippen LogP contribution < -0.4 is 11.5 Å². The summed E-state index contributed by atoms with van der Waals surface area (Å²) in [5.41, 5.74) is 11.8. The van der Waals surface area contributed by atoms with E-state index >= 15 is 0 Å². The van der Waals surface area contributed by atoms with Gasteiger partial charge in [0.15, 0.2) is 5.96 Å². The van der Waals surface area contributed by atoms with E-state index < -0.39 is 0 Å². The summed E-state index contributed by atoms with van der Waals surface area (Å²) in [7, 11) is 0. The molecule has 0 saturated carbocycles. The number of aliphatic imine (C=N–C) groups is 1. The molecule has 0 aromatic rings. The number of nitrogens with two attached hydrogens (primary N) is 2.